The van der Waals surface area contributed by atoms with E-state index in [0.29, 0.717) is 76.8 Å². The number of hydrazine groups is 1. The van der Waals surface area contributed by atoms with Crippen LogP contribution < -0.4 is 10.7 Å². The molecule has 8 heterocycles. The Morgan fingerprint density at radius 2 is 1.80 bits per heavy atom. The highest BCUT2D eigenvalue weighted by atomic mass is 32.1. The number of methoxy groups -OCH3 is 1. The smallest absolute Gasteiger partial charge is 0.324 e. The number of hydrogen-bond donors (Lipinski definition) is 2. The molecule has 5 amide bonds. The second kappa shape index (κ2) is 22.9. The van der Waals surface area contributed by atoms with Crippen LogP contribution in [-0.2, 0) is 52.8 Å². The van der Waals surface area contributed by atoms with Crippen LogP contribution in [-0.4, -0.2) is 173 Å². The number of amides is 5. The third-order valence-electron chi connectivity index (χ3n) is 16.0. The van der Waals surface area contributed by atoms with E-state index in [1.165, 1.54) is 21.2 Å². The number of carbonyl (C=O) groups excluding carboxylic acids is 5. The van der Waals surface area contributed by atoms with Gasteiger partial charge in [0.1, 0.15) is 18.1 Å². The molecule has 0 aliphatic carbocycles. The molecule has 5 aliphatic heterocycles. The fourth-order valence-corrected chi connectivity index (χ4v) is 12.5. The van der Waals surface area contributed by atoms with E-state index in [4.69, 9.17) is 24.2 Å². The summed E-state index contributed by atoms with van der Waals surface area (Å²) in [6.07, 6.45) is 8.35. The predicted octanol–water partition coefficient (Wildman–Crippen LogP) is 6.09. The highest BCUT2D eigenvalue weighted by molar-refractivity contribution is 7.10. The molecule has 4 saturated heterocycles. The van der Waals surface area contributed by atoms with Gasteiger partial charge in [-0.15, -0.1) is 11.3 Å². The maximum Gasteiger partial charge on any atom is 0.324 e. The molecule has 3 aromatic heterocycles. The van der Waals surface area contributed by atoms with Crippen molar-refractivity contribution in [1.29, 1.82) is 0 Å². The average molecular weight is 1050 g/mol. The van der Waals surface area contributed by atoms with Gasteiger partial charge in [-0.25, -0.2) is 15.2 Å². The number of piperidine rings is 1. The summed E-state index contributed by atoms with van der Waals surface area (Å²) in [7, 11) is 3.34. The van der Waals surface area contributed by atoms with Gasteiger partial charge >= 0.3 is 12.0 Å². The molecule has 4 fully saturated rings. The van der Waals surface area contributed by atoms with Gasteiger partial charge in [0.15, 0.2) is 0 Å². The number of likely N-dealkylation sites (N-methyl/N-ethyl adjacent to an activating group) is 1. The van der Waals surface area contributed by atoms with Crippen LogP contribution in [0.2, 0.25) is 0 Å². The summed E-state index contributed by atoms with van der Waals surface area (Å²) in [5.74, 6) is -1.60. The van der Waals surface area contributed by atoms with Crippen molar-refractivity contribution in [3.05, 3.63) is 70.3 Å². The molecule has 4 aromatic rings. The fourth-order valence-electron chi connectivity index (χ4n) is 11.7. The molecule has 75 heavy (non-hydrogen) atoms. The van der Waals surface area contributed by atoms with Gasteiger partial charge in [0.05, 0.1) is 48.0 Å². The zero-order valence-electron chi connectivity index (χ0n) is 45.1. The molecule has 9 rings (SSSR count). The van der Waals surface area contributed by atoms with Crippen LogP contribution in [0.5, 0.6) is 0 Å². The number of benzene rings is 1. The van der Waals surface area contributed by atoms with Crippen molar-refractivity contribution >= 4 is 52.0 Å². The summed E-state index contributed by atoms with van der Waals surface area (Å²) < 4.78 is 19.7. The lowest BCUT2D eigenvalue weighted by Crippen LogP contribution is -2.64. The van der Waals surface area contributed by atoms with Crippen molar-refractivity contribution in [1.82, 2.24) is 49.9 Å². The van der Waals surface area contributed by atoms with Crippen molar-refractivity contribution in [2.45, 2.75) is 111 Å². The van der Waals surface area contributed by atoms with E-state index in [1.807, 2.05) is 43.2 Å². The number of nitrogens with one attached hydrogen (secondary N) is 2. The van der Waals surface area contributed by atoms with Crippen LogP contribution in [0.1, 0.15) is 89.6 Å². The third kappa shape index (κ3) is 11.7. The topological polar surface area (TPSA) is 184 Å². The Balaban J connectivity index is 0.946. The van der Waals surface area contributed by atoms with E-state index in [0.717, 1.165) is 77.2 Å². The molecule has 2 N–H and O–H groups in total. The molecule has 5 aliphatic rings. The fraction of sp³-hybridized carbons (Fsp3) is 0.589. The Bertz CT molecular complexity index is 2770. The minimum Gasteiger partial charge on any atom is -0.464 e. The number of cyclic esters (lactones) is 1. The first-order valence-electron chi connectivity index (χ1n) is 26.9. The Labute approximate surface area is 445 Å². The number of ether oxygens (including phenoxy) is 3. The van der Waals surface area contributed by atoms with Crippen LogP contribution in [0.3, 0.4) is 0 Å². The van der Waals surface area contributed by atoms with E-state index >= 15 is 0 Å². The van der Waals surface area contributed by atoms with Crippen LogP contribution in [0, 0.1) is 16.7 Å². The molecule has 19 heteroatoms. The first kappa shape index (κ1) is 54.1. The quantitative estimate of drug-likeness (QED) is 0.130. The number of carbonyl (C=O) groups is 5. The average Bonchev–Trinajstić information content (AvgIpc) is 4.00. The number of rotatable bonds is 11. The van der Waals surface area contributed by atoms with E-state index in [-0.39, 0.29) is 42.4 Å². The summed E-state index contributed by atoms with van der Waals surface area (Å²) in [6, 6.07) is 7.44. The van der Waals surface area contributed by atoms with Gasteiger partial charge in [-0.05, 0) is 81.7 Å². The molecule has 1 spiro atoms. The Kier molecular flexibility index (Phi) is 16.5. The summed E-state index contributed by atoms with van der Waals surface area (Å²) in [6.45, 7) is 19.5. The predicted molar refractivity (Wildman–Crippen MR) is 287 cm³/mol. The molecule has 6 bridgehead atoms. The number of pyridine rings is 1. The first-order chi connectivity index (χ1) is 36.0. The largest absolute Gasteiger partial charge is 0.464 e. The number of urea groups is 1. The maximum absolute atomic E-state index is 14.8. The van der Waals surface area contributed by atoms with Crippen LogP contribution in [0.25, 0.3) is 33.4 Å². The van der Waals surface area contributed by atoms with Gasteiger partial charge in [-0.2, -0.15) is 0 Å². The normalized spacial score (nSPS) is 22.2. The van der Waals surface area contributed by atoms with Crippen LogP contribution in [0.15, 0.2) is 54.1 Å². The molecule has 404 valence electrons. The van der Waals surface area contributed by atoms with Gasteiger partial charge in [-0.1, -0.05) is 39.8 Å². The molecular formula is C56H76N10O8S. The molecular weight excluding hydrogens is 973 g/mol. The van der Waals surface area contributed by atoms with Crippen LogP contribution in [0.4, 0.5) is 4.79 Å². The lowest BCUT2D eigenvalue weighted by Gasteiger charge is -2.54. The Morgan fingerprint density at radius 3 is 2.52 bits per heavy atom. The molecule has 0 saturated carbocycles. The number of nitrogens with zero attached hydrogens (tertiary/aromatic N) is 8. The molecule has 18 nitrogen and oxygen atoms in total. The molecule has 0 radical (unpaired) electrons. The number of hydrogen-bond acceptors (Lipinski definition) is 13. The zero-order valence-corrected chi connectivity index (χ0v) is 45.9. The van der Waals surface area contributed by atoms with E-state index < -0.39 is 41.3 Å². The van der Waals surface area contributed by atoms with Crippen LogP contribution >= 0.6 is 11.3 Å². The lowest BCUT2D eigenvalue weighted by atomic mass is 9.72. The van der Waals surface area contributed by atoms with Crippen molar-refractivity contribution in [2.24, 2.45) is 16.7 Å². The first-order valence-corrected chi connectivity index (χ1v) is 27.8. The number of likely N-dealkylation sites (tertiary alicyclic amines) is 2. The Morgan fingerprint density at radius 1 is 1.04 bits per heavy atom. The SMILES string of the molecule is CCn1c(-c2cccnc2[C@H](C)OC)c2c3cc(ccc31)-c1csc(n1)C[C@H](NC(=O)[C@H](C(C)C)N(C)C(=O)N1CCC3(CC1)CN(C(=O)/C=C/CN1CCOCC1)C3)C(=O)N1CCC[C@H](N1)C(=O)OCC(C)(C)C2. The molecule has 0 unspecified atom stereocenters. The third-order valence-corrected chi connectivity index (χ3v) is 16.8. The number of esters is 1. The summed E-state index contributed by atoms with van der Waals surface area (Å²) in [5, 5.41) is 8.21. The Hall–Kier alpha value is -5.73. The van der Waals surface area contributed by atoms with Gasteiger partial charge in [-0.3, -0.25) is 34.1 Å². The highest BCUT2D eigenvalue weighted by Gasteiger charge is 2.48. The number of thiazole rings is 1. The number of aryl methyl sites for hydroxylation is 1. The van der Waals surface area contributed by atoms with Crippen molar-refractivity contribution in [3.63, 3.8) is 0 Å². The van der Waals surface area contributed by atoms with Crippen molar-refractivity contribution < 1.29 is 38.2 Å². The molecule has 4 atom stereocenters. The van der Waals surface area contributed by atoms with Crippen molar-refractivity contribution in [2.75, 3.05) is 86.3 Å². The second-order valence-electron chi connectivity index (χ2n) is 22.4. The standard InChI is InChI=1S/C56H76N10O8S/c1-9-65-45-17-16-38-29-40(45)41(50(65)39-13-10-20-57-48(39)37(4)72-8)31-55(5,6)35-74-53(70)42-14-11-22-66(60-42)52(69)43(30-46-58-44(38)32-75-46)59-51(68)49(36(2)3)61(7)54(71)63-23-18-56(19-24-63)33-64(34-56)47(67)15-12-21-62-25-27-73-28-26-62/h10,12-13,15-17,20,29,32,36-37,42-43,49,60H,9,11,14,18-19,21-28,30-31,33-35H2,1-8H3,(H,59,68)/b15-12+/t37-,42-,43-,49-/m0/s1. The summed E-state index contributed by atoms with van der Waals surface area (Å²) >= 11 is 1.42. The number of fused-ring (bicyclic) bond motifs is 6. The highest BCUT2D eigenvalue weighted by Crippen LogP contribution is 2.43. The number of morpholine rings is 1. The second-order valence-corrected chi connectivity index (χ2v) is 23.3. The number of aromatic nitrogens is 3. The van der Waals surface area contributed by atoms with E-state index in [9.17, 15) is 24.0 Å². The monoisotopic (exact) mass is 1050 g/mol. The lowest BCUT2D eigenvalue weighted by molar-refractivity contribution is -0.155. The van der Waals surface area contributed by atoms with E-state index in [2.05, 4.69) is 65.2 Å². The zero-order chi connectivity index (χ0) is 53.2. The van der Waals surface area contributed by atoms with Crippen molar-refractivity contribution in [3.8, 4) is 22.5 Å². The minimum atomic E-state index is -1.08. The minimum absolute atomic E-state index is 0.0186. The van der Waals surface area contributed by atoms with Gasteiger partial charge in [0, 0.05) is 130 Å². The van der Waals surface area contributed by atoms with Gasteiger partial charge in [0.2, 0.25) is 11.8 Å². The summed E-state index contributed by atoms with van der Waals surface area (Å²) in [5.41, 5.74) is 9.29. The maximum atomic E-state index is 14.8. The van der Waals surface area contributed by atoms with Gasteiger partial charge < -0.3 is 38.8 Å². The van der Waals surface area contributed by atoms with E-state index in [1.54, 1.807) is 31.3 Å². The summed E-state index contributed by atoms with van der Waals surface area (Å²) in [4.78, 5) is 88.1. The molecule has 1 aromatic carbocycles. The van der Waals surface area contributed by atoms with Gasteiger partial charge in [0.25, 0.3) is 5.91 Å².